The van der Waals surface area contributed by atoms with E-state index >= 15 is 0 Å². The Morgan fingerprint density at radius 1 is 1.15 bits per heavy atom. The number of carbonyl (C=O) groups excluding carboxylic acids is 1. The zero-order valence-corrected chi connectivity index (χ0v) is 11.3. The Morgan fingerprint density at radius 2 is 1.75 bits per heavy atom. The molecular formula is C14H10N2O3S. The van der Waals surface area contributed by atoms with Crippen molar-refractivity contribution < 1.29 is 14.7 Å². The number of carboxylic acids is 1. The van der Waals surface area contributed by atoms with E-state index in [1.54, 1.807) is 31.3 Å². The predicted molar refractivity (Wildman–Crippen MR) is 75.2 cm³/mol. The number of carbonyl (C=O) groups is 2. The Hall–Kier alpha value is -2.65. The van der Waals surface area contributed by atoms with Gasteiger partial charge in [0.05, 0.1) is 16.5 Å². The Bertz CT molecular complexity index is 698. The number of hydrogen-bond donors (Lipinski definition) is 1. The second-order valence-electron chi connectivity index (χ2n) is 3.99. The molecule has 0 saturated carbocycles. The van der Waals surface area contributed by atoms with E-state index in [9.17, 15) is 9.59 Å². The number of amides is 1. The second kappa shape index (κ2) is 5.55. The normalized spacial score (nSPS) is 9.80. The van der Waals surface area contributed by atoms with E-state index < -0.39 is 5.97 Å². The lowest BCUT2D eigenvalue weighted by molar-refractivity contribution is 0.0702. The number of benzene rings is 1. The molecule has 2 rings (SSSR count). The van der Waals surface area contributed by atoms with Gasteiger partial charge in [0, 0.05) is 12.7 Å². The van der Waals surface area contributed by atoms with Gasteiger partial charge in [-0.15, -0.1) is 11.3 Å². The van der Waals surface area contributed by atoms with Crippen LogP contribution in [0.3, 0.4) is 0 Å². The number of nitriles is 1. The number of anilines is 1. The molecule has 1 aromatic heterocycles. The van der Waals surface area contributed by atoms with E-state index in [1.165, 1.54) is 17.0 Å². The summed E-state index contributed by atoms with van der Waals surface area (Å²) in [6.45, 7) is 0. The van der Waals surface area contributed by atoms with Crippen molar-refractivity contribution in [1.29, 1.82) is 5.26 Å². The first-order valence-electron chi connectivity index (χ1n) is 5.64. The monoisotopic (exact) mass is 286 g/mol. The molecule has 1 N–H and O–H groups in total. The van der Waals surface area contributed by atoms with Gasteiger partial charge >= 0.3 is 5.97 Å². The molecule has 6 heteroatoms. The molecule has 1 heterocycles. The quantitative estimate of drug-likeness (QED) is 0.940. The molecule has 0 aliphatic carbocycles. The Morgan fingerprint density at radius 3 is 2.25 bits per heavy atom. The third-order valence-electron chi connectivity index (χ3n) is 2.72. The lowest BCUT2D eigenvalue weighted by Crippen LogP contribution is -2.25. The summed E-state index contributed by atoms with van der Waals surface area (Å²) in [4.78, 5) is 24.9. The van der Waals surface area contributed by atoms with Crippen molar-refractivity contribution in [3.05, 3.63) is 51.7 Å². The highest BCUT2D eigenvalue weighted by Crippen LogP contribution is 2.21. The number of aromatic carboxylic acids is 1. The molecule has 1 aromatic carbocycles. The first kappa shape index (κ1) is 13.8. The predicted octanol–water partition coefficient (Wildman–Crippen LogP) is 2.59. The molecule has 0 fully saturated rings. The van der Waals surface area contributed by atoms with Crippen molar-refractivity contribution in [3.8, 4) is 6.07 Å². The minimum Gasteiger partial charge on any atom is -0.477 e. The van der Waals surface area contributed by atoms with Crippen LogP contribution in [0.4, 0.5) is 5.69 Å². The Kier molecular flexibility index (Phi) is 3.82. The van der Waals surface area contributed by atoms with Gasteiger partial charge in [0.15, 0.2) is 0 Å². The number of rotatable bonds is 3. The lowest BCUT2D eigenvalue weighted by atomic mass is 10.2. The fraction of sp³-hybridized carbons (Fsp3) is 0.0714. The molecule has 1 amide bonds. The zero-order valence-electron chi connectivity index (χ0n) is 10.5. The maximum absolute atomic E-state index is 12.2. The van der Waals surface area contributed by atoms with E-state index in [-0.39, 0.29) is 10.8 Å². The van der Waals surface area contributed by atoms with Crippen molar-refractivity contribution >= 4 is 28.9 Å². The van der Waals surface area contributed by atoms with E-state index in [2.05, 4.69) is 0 Å². The number of carboxylic acid groups (broad SMARTS) is 1. The van der Waals surface area contributed by atoms with Crippen LogP contribution in [-0.4, -0.2) is 24.0 Å². The molecule has 0 atom stereocenters. The fourth-order valence-electron chi connectivity index (χ4n) is 1.61. The average molecular weight is 286 g/mol. The first-order chi connectivity index (χ1) is 9.52. The minimum absolute atomic E-state index is 0.126. The summed E-state index contributed by atoms with van der Waals surface area (Å²) >= 11 is 0.937. The summed E-state index contributed by atoms with van der Waals surface area (Å²) in [5.74, 6) is -1.33. The molecule has 0 bridgehead atoms. The highest BCUT2D eigenvalue weighted by Gasteiger charge is 2.17. The first-order valence-corrected chi connectivity index (χ1v) is 6.46. The maximum Gasteiger partial charge on any atom is 0.345 e. The average Bonchev–Trinajstić information content (AvgIpc) is 2.96. The molecule has 2 aromatic rings. The molecule has 0 aliphatic rings. The van der Waals surface area contributed by atoms with Gasteiger partial charge < -0.3 is 10.0 Å². The van der Waals surface area contributed by atoms with Crippen molar-refractivity contribution in [1.82, 2.24) is 0 Å². The van der Waals surface area contributed by atoms with Crippen LogP contribution in [0.1, 0.15) is 24.9 Å². The van der Waals surface area contributed by atoms with E-state index in [4.69, 9.17) is 10.4 Å². The van der Waals surface area contributed by atoms with Gasteiger partial charge in [-0.05, 0) is 36.4 Å². The minimum atomic E-state index is -1.05. The van der Waals surface area contributed by atoms with Crippen molar-refractivity contribution in [2.75, 3.05) is 11.9 Å². The highest BCUT2D eigenvalue weighted by atomic mass is 32.1. The van der Waals surface area contributed by atoms with E-state index in [1.807, 2.05) is 6.07 Å². The van der Waals surface area contributed by atoms with Crippen LogP contribution in [0.5, 0.6) is 0 Å². The van der Waals surface area contributed by atoms with Crippen molar-refractivity contribution in [2.24, 2.45) is 0 Å². The van der Waals surface area contributed by atoms with Crippen molar-refractivity contribution in [2.45, 2.75) is 0 Å². The standard InChI is InChI=1S/C14H10N2O3S/c1-16(10-4-2-9(8-15)3-5-10)13(17)11-6-7-12(20-11)14(18)19/h2-7H,1H3,(H,18,19). The van der Waals surface area contributed by atoms with Gasteiger partial charge in [-0.2, -0.15) is 5.26 Å². The number of nitrogens with zero attached hydrogens (tertiary/aromatic N) is 2. The second-order valence-corrected chi connectivity index (χ2v) is 5.08. The van der Waals surface area contributed by atoms with Crippen LogP contribution in [0, 0.1) is 11.3 Å². The van der Waals surface area contributed by atoms with Crippen LogP contribution in [0.15, 0.2) is 36.4 Å². The fourth-order valence-corrected chi connectivity index (χ4v) is 2.43. The molecule has 0 unspecified atom stereocenters. The smallest absolute Gasteiger partial charge is 0.345 e. The van der Waals surface area contributed by atoms with Crippen LogP contribution in [0.2, 0.25) is 0 Å². The maximum atomic E-state index is 12.2. The SMILES string of the molecule is CN(C(=O)c1ccc(C(=O)O)s1)c1ccc(C#N)cc1. The van der Waals surface area contributed by atoms with Crippen LogP contribution >= 0.6 is 11.3 Å². The van der Waals surface area contributed by atoms with Gasteiger partial charge in [-0.1, -0.05) is 0 Å². The largest absolute Gasteiger partial charge is 0.477 e. The van der Waals surface area contributed by atoms with Crippen molar-refractivity contribution in [3.63, 3.8) is 0 Å². The lowest BCUT2D eigenvalue weighted by Gasteiger charge is -2.16. The molecule has 20 heavy (non-hydrogen) atoms. The van der Waals surface area contributed by atoms with Gasteiger partial charge in [-0.25, -0.2) is 4.79 Å². The van der Waals surface area contributed by atoms with E-state index in [0.29, 0.717) is 16.1 Å². The molecule has 0 spiro atoms. The molecular weight excluding hydrogens is 276 g/mol. The summed E-state index contributed by atoms with van der Waals surface area (Å²) < 4.78 is 0. The van der Waals surface area contributed by atoms with Crippen LogP contribution in [0.25, 0.3) is 0 Å². The molecule has 0 saturated heterocycles. The third-order valence-corrected chi connectivity index (χ3v) is 3.78. The molecule has 5 nitrogen and oxygen atoms in total. The van der Waals surface area contributed by atoms with Gasteiger partial charge in [0.25, 0.3) is 5.91 Å². The summed E-state index contributed by atoms with van der Waals surface area (Å²) in [5, 5.41) is 17.6. The number of hydrogen-bond acceptors (Lipinski definition) is 4. The zero-order chi connectivity index (χ0) is 14.7. The highest BCUT2D eigenvalue weighted by molar-refractivity contribution is 7.16. The van der Waals surface area contributed by atoms with Gasteiger partial charge in [0.2, 0.25) is 0 Å². The summed E-state index contributed by atoms with van der Waals surface area (Å²) in [5.41, 5.74) is 1.15. The Labute approximate surface area is 119 Å². The van der Waals surface area contributed by atoms with Crippen LogP contribution in [-0.2, 0) is 0 Å². The van der Waals surface area contributed by atoms with E-state index in [0.717, 1.165) is 11.3 Å². The van der Waals surface area contributed by atoms with Gasteiger partial charge in [0.1, 0.15) is 4.88 Å². The Balaban J connectivity index is 2.22. The van der Waals surface area contributed by atoms with Gasteiger partial charge in [-0.3, -0.25) is 4.79 Å². The topological polar surface area (TPSA) is 81.4 Å². The third kappa shape index (κ3) is 2.68. The summed E-state index contributed by atoms with van der Waals surface area (Å²) in [7, 11) is 1.60. The molecule has 0 aliphatic heterocycles. The van der Waals surface area contributed by atoms with Crippen LogP contribution < -0.4 is 4.90 Å². The molecule has 100 valence electrons. The number of thiophene rings is 1. The molecule has 0 radical (unpaired) electrons. The summed E-state index contributed by atoms with van der Waals surface area (Å²) in [6.07, 6.45) is 0. The summed E-state index contributed by atoms with van der Waals surface area (Å²) in [6, 6.07) is 11.5.